The highest BCUT2D eigenvalue weighted by Gasteiger charge is 2.30. The third kappa shape index (κ3) is 2.55. The summed E-state index contributed by atoms with van der Waals surface area (Å²) in [5, 5.41) is 2.25. The topological polar surface area (TPSA) is 37.4 Å². The highest BCUT2D eigenvalue weighted by molar-refractivity contribution is 9.10. The van der Waals surface area contributed by atoms with E-state index in [1.807, 2.05) is 11.4 Å². The van der Waals surface area contributed by atoms with Gasteiger partial charge in [-0.3, -0.25) is 0 Å². The van der Waals surface area contributed by atoms with Gasteiger partial charge in [-0.25, -0.2) is 8.42 Å². The summed E-state index contributed by atoms with van der Waals surface area (Å²) in [5.74, 6) is 0. The summed E-state index contributed by atoms with van der Waals surface area (Å²) in [6, 6.07) is 6.84. The second kappa shape index (κ2) is 5.42. The number of rotatable bonds is 2. The van der Waals surface area contributed by atoms with Gasteiger partial charge in [0, 0.05) is 22.4 Å². The SMILES string of the molecule is O=S(=O)(c1ccc(Br)cc1Cl)N1CCc2sccc2C1. The van der Waals surface area contributed by atoms with Gasteiger partial charge in [0.15, 0.2) is 0 Å². The van der Waals surface area contributed by atoms with E-state index in [0.29, 0.717) is 13.1 Å². The van der Waals surface area contributed by atoms with E-state index in [9.17, 15) is 8.42 Å². The molecule has 1 aromatic carbocycles. The maximum absolute atomic E-state index is 12.7. The minimum Gasteiger partial charge on any atom is -0.207 e. The number of halogens is 2. The van der Waals surface area contributed by atoms with Crippen molar-refractivity contribution in [3.63, 3.8) is 0 Å². The largest absolute Gasteiger partial charge is 0.244 e. The predicted molar refractivity (Wildman–Crippen MR) is 84.8 cm³/mol. The fourth-order valence-electron chi connectivity index (χ4n) is 2.25. The zero-order valence-corrected chi connectivity index (χ0v) is 14.3. The molecule has 3 rings (SSSR count). The number of thiophene rings is 1. The van der Waals surface area contributed by atoms with E-state index >= 15 is 0 Å². The molecule has 0 saturated carbocycles. The van der Waals surface area contributed by atoms with Crippen molar-refractivity contribution in [2.75, 3.05) is 6.54 Å². The molecule has 3 nitrogen and oxygen atoms in total. The first-order valence-electron chi connectivity index (χ1n) is 5.99. The molecule has 0 bridgehead atoms. The average Bonchev–Trinajstić information content (AvgIpc) is 2.85. The Morgan fingerprint density at radius 3 is 2.85 bits per heavy atom. The van der Waals surface area contributed by atoms with Crippen LogP contribution in [0.1, 0.15) is 10.4 Å². The Morgan fingerprint density at radius 1 is 1.30 bits per heavy atom. The van der Waals surface area contributed by atoms with Gasteiger partial charge in [-0.15, -0.1) is 11.3 Å². The molecule has 0 aliphatic carbocycles. The second-order valence-corrected chi connectivity index (χ2v) is 8.76. The highest BCUT2D eigenvalue weighted by atomic mass is 79.9. The first-order valence-corrected chi connectivity index (χ1v) is 9.48. The van der Waals surface area contributed by atoms with Crippen molar-refractivity contribution in [1.82, 2.24) is 4.31 Å². The quantitative estimate of drug-likeness (QED) is 0.777. The minimum atomic E-state index is -3.54. The van der Waals surface area contributed by atoms with Crippen LogP contribution in [0.2, 0.25) is 5.02 Å². The van der Waals surface area contributed by atoms with E-state index in [1.165, 1.54) is 9.18 Å². The Balaban J connectivity index is 1.97. The van der Waals surface area contributed by atoms with Crippen molar-refractivity contribution in [3.05, 3.63) is 49.6 Å². The van der Waals surface area contributed by atoms with Crippen molar-refractivity contribution >= 4 is 48.9 Å². The van der Waals surface area contributed by atoms with Crippen molar-refractivity contribution in [2.24, 2.45) is 0 Å². The normalized spacial score (nSPS) is 16.1. The van der Waals surface area contributed by atoms with Crippen LogP contribution in [0, 0.1) is 0 Å². The van der Waals surface area contributed by atoms with E-state index in [0.717, 1.165) is 16.5 Å². The van der Waals surface area contributed by atoms with Gasteiger partial charge < -0.3 is 0 Å². The molecule has 0 spiro atoms. The molecule has 1 aliphatic heterocycles. The molecule has 0 radical (unpaired) electrons. The Labute approximate surface area is 135 Å². The first-order chi connectivity index (χ1) is 9.48. The van der Waals surface area contributed by atoms with Crippen molar-refractivity contribution in [3.8, 4) is 0 Å². The van der Waals surface area contributed by atoms with E-state index in [4.69, 9.17) is 11.6 Å². The van der Waals surface area contributed by atoms with E-state index in [1.54, 1.807) is 29.5 Å². The Morgan fingerprint density at radius 2 is 2.10 bits per heavy atom. The standard InChI is InChI=1S/C13H11BrClNO2S2/c14-10-1-2-13(11(15)7-10)20(17,18)16-5-3-12-9(8-16)4-6-19-12/h1-2,4,6-7H,3,5,8H2. The average molecular weight is 393 g/mol. The molecule has 0 unspecified atom stereocenters. The molecule has 20 heavy (non-hydrogen) atoms. The van der Waals surface area contributed by atoms with Gasteiger partial charge in [-0.05, 0) is 41.6 Å². The molecule has 0 saturated heterocycles. The molecule has 7 heteroatoms. The van der Waals surface area contributed by atoms with Gasteiger partial charge in [-0.1, -0.05) is 27.5 Å². The monoisotopic (exact) mass is 391 g/mol. The number of nitrogens with zero attached hydrogens (tertiary/aromatic N) is 1. The number of benzene rings is 1. The maximum Gasteiger partial charge on any atom is 0.244 e. The van der Waals surface area contributed by atoms with Crippen molar-refractivity contribution < 1.29 is 8.42 Å². The van der Waals surface area contributed by atoms with Gasteiger partial charge in [0.05, 0.1) is 5.02 Å². The van der Waals surface area contributed by atoms with Crippen LogP contribution in [0.4, 0.5) is 0 Å². The lowest BCUT2D eigenvalue weighted by Gasteiger charge is -2.26. The molecular weight excluding hydrogens is 382 g/mol. The van der Waals surface area contributed by atoms with Crippen LogP contribution in [0.5, 0.6) is 0 Å². The molecule has 0 N–H and O–H groups in total. The summed E-state index contributed by atoms with van der Waals surface area (Å²) >= 11 is 11.0. The fourth-order valence-corrected chi connectivity index (χ4v) is 5.57. The number of fused-ring (bicyclic) bond motifs is 1. The number of sulfonamides is 1. The van der Waals surface area contributed by atoms with Crippen LogP contribution in [0.25, 0.3) is 0 Å². The zero-order chi connectivity index (χ0) is 14.3. The Hall–Kier alpha value is -0.400. The lowest BCUT2D eigenvalue weighted by atomic mass is 10.1. The summed E-state index contributed by atoms with van der Waals surface area (Å²) in [6.45, 7) is 0.926. The third-order valence-corrected chi connectivity index (χ3v) is 7.13. The smallest absolute Gasteiger partial charge is 0.207 e. The molecule has 1 aromatic heterocycles. The molecule has 0 fully saturated rings. The van der Waals surface area contributed by atoms with Crippen LogP contribution in [-0.2, 0) is 23.0 Å². The molecule has 106 valence electrons. The summed E-state index contributed by atoms with van der Waals surface area (Å²) in [5.41, 5.74) is 1.10. The molecule has 1 aliphatic rings. The molecular formula is C13H11BrClNO2S2. The van der Waals surface area contributed by atoms with Crippen molar-refractivity contribution in [1.29, 1.82) is 0 Å². The maximum atomic E-state index is 12.7. The molecule has 2 heterocycles. The summed E-state index contributed by atoms with van der Waals surface area (Å²) in [6.07, 6.45) is 0.764. The van der Waals surface area contributed by atoms with Crippen LogP contribution >= 0.6 is 38.9 Å². The molecule has 0 amide bonds. The number of hydrogen-bond acceptors (Lipinski definition) is 3. The minimum absolute atomic E-state index is 0.168. The van der Waals surface area contributed by atoms with Crippen LogP contribution in [-0.4, -0.2) is 19.3 Å². The van der Waals surface area contributed by atoms with Crippen LogP contribution in [0.3, 0.4) is 0 Å². The van der Waals surface area contributed by atoms with Gasteiger partial charge in [-0.2, -0.15) is 4.31 Å². The number of hydrogen-bond donors (Lipinski definition) is 0. The zero-order valence-electron chi connectivity index (χ0n) is 10.3. The van der Waals surface area contributed by atoms with E-state index in [-0.39, 0.29) is 9.92 Å². The first kappa shape index (κ1) is 14.5. The predicted octanol–water partition coefficient (Wildman–Crippen LogP) is 3.91. The lowest BCUT2D eigenvalue weighted by Crippen LogP contribution is -2.35. The second-order valence-electron chi connectivity index (χ2n) is 4.53. The van der Waals surface area contributed by atoms with E-state index < -0.39 is 10.0 Å². The molecule has 0 atom stereocenters. The van der Waals surface area contributed by atoms with Gasteiger partial charge in [0.1, 0.15) is 4.90 Å². The fraction of sp³-hybridized carbons (Fsp3) is 0.231. The van der Waals surface area contributed by atoms with Gasteiger partial charge in [0.2, 0.25) is 10.0 Å². The van der Waals surface area contributed by atoms with Crippen LogP contribution in [0.15, 0.2) is 39.0 Å². The lowest BCUT2D eigenvalue weighted by molar-refractivity contribution is 0.394. The summed E-state index contributed by atoms with van der Waals surface area (Å²) < 4.78 is 27.6. The third-order valence-electron chi connectivity index (χ3n) is 3.28. The summed E-state index contributed by atoms with van der Waals surface area (Å²) in [7, 11) is -3.54. The highest BCUT2D eigenvalue weighted by Crippen LogP contribution is 2.32. The van der Waals surface area contributed by atoms with Crippen LogP contribution < -0.4 is 0 Å². The Bertz CT molecular complexity index is 757. The summed E-state index contributed by atoms with van der Waals surface area (Å²) in [4.78, 5) is 1.44. The van der Waals surface area contributed by atoms with E-state index in [2.05, 4.69) is 15.9 Å². The molecule has 2 aromatic rings. The Kier molecular flexibility index (Phi) is 3.94. The van der Waals surface area contributed by atoms with Gasteiger partial charge >= 0.3 is 0 Å². The van der Waals surface area contributed by atoms with Gasteiger partial charge in [0.25, 0.3) is 0 Å². The van der Waals surface area contributed by atoms with Crippen molar-refractivity contribution in [2.45, 2.75) is 17.9 Å².